The molecule has 4 heteroatoms. The highest BCUT2D eigenvalue weighted by atomic mass is 16.5. The summed E-state index contributed by atoms with van der Waals surface area (Å²) in [6, 6.07) is 0.682. The fourth-order valence-electron chi connectivity index (χ4n) is 2.79. The van der Waals surface area contributed by atoms with E-state index in [1.165, 1.54) is 37.8 Å². The number of hydrogen-bond acceptors (Lipinski definition) is 3. The summed E-state index contributed by atoms with van der Waals surface area (Å²) in [7, 11) is 1.73. The molecule has 1 aromatic rings. The van der Waals surface area contributed by atoms with Gasteiger partial charge in [0.15, 0.2) is 5.75 Å². The zero-order valence-electron chi connectivity index (χ0n) is 14.5. The van der Waals surface area contributed by atoms with Crippen LogP contribution in [-0.2, 0) is 0 Å². The van der Waals surface area contributed by atoms with Gasteiger partial charge in [0.2, 0.25) is 0 Å². The lowest BCUT2D eigenvalue weighted by Gasteiger charge is -2.22. The third kappa shape index (κ3) is 5.34. The third-order valence-electron chi connectivity index (χ3n) is 3.88. The highest BCUT2D eigenvalue weighted by Crippen LogP contribution is 2.30. The van der Waals surface area contributed by atoms with Crippen LogP contribution in [0.2, 0.25) is 0 Å². The predicted octanol–water partition coefficient (Wildman–Crippen LogP) is 4.48. The molecular weight excluding hydrogens is 262 g/mol. The topological polar surface area (TPSA) is 39.1 Å². The summed E-state index contributed by atoms with van der Waals surface area (Å²) < 4.78 is 7.62. The number of aromatic nitrogens is 2. The number of hydrogen-bond donors (Lipinski definition) is 1. The molecule has 0 amide bonds. The highest BCUT2D eigenvalue weighted by Gasteiger charge is 2.22. The molecule has 0 saturated carbocycles. The van der Waals surface area contributed by atoms with Crippen molar-refractivity contribution < 1.29 is 4.74 Å². The number of methoxy groups -OCH3 is 1. The summed E-state index contributed by atoms with van der Waals surface area (Å²) in [5.74, 6) is 0.906. The quantitative estimate of drug-likeness (QED) is 0.612. The van der Waals surface area contributed by atoms with Crippen molar-refractivity contribution in [2.75, 3.05) is 13.7 Å². The molecule has 0 spiro atoms. The van der Waals surface area contributed by atoms with Gasteiger partial charge in [0.25, 0.3) is 0 Å². The van der Waals surface area contributed by atoms with E-state index in [-0.39, 0.29) is 0 Å². The van der Waals surface area contributed by atoms with Gasteiger partial charge in [-0.25, -0.2) is 0 Å². The Hall–Kier alpha value is -1.03. The van der Waals surface area contributed by atoms with Gasteiger partial charge >= 0.3 is 0 Å². The van der Waals surface area contributed by atoms with Crippen LogP contribution in [0.25, 0.3) is 0 Å². The zero-order valence-corrected chi connectivity index (χ0v) is 14.5. The van der Waals surface area contributed by atoms with Crippen LogP contribution in [0.15, 0.2) is 6.20 Å². The van der Waals surface area contributed by atoms with Crippen LogP contribution in [0.4, 0.5) is 0 Å². The molecule has 0 fully saturated rings. The lowest BCUT2D eigenvalue weighted by atomic mass is 10.0. The average Bonchev–Trinajstić information content (AvgIpc) is 2.89. The molecule has 1 aromatic heterocycles. The van der Waals surface area contributed by atoms with Crippen molar-refractivity contribution in [1.82, 2.24) is 15.1 Å². The summed E-state index contributed by atoms with van der Waals surface area (Å²) in [4.78, 5) is 0. The number of nitrogens with one attached hydrogen (secondary N) is 1. The lowest BCUT2D eigenvalue weighted by Crippen LogP contribution is -2.25. The van der Waals surface area contributed by atoms with Crippen LogP contribution < -0.4 is 10.1 Å². The Labute approximate surface area is 130 Å². The molecule has 0 aromatic carbocycles. The maximum absolute atomic E-state index is 5.52. The van der Waals surface area contributed by atoms with Crippen LogP contribution in [0, 0.1) is 0 Å². The van der Waals surface area contributed by atoms with Crippen LogP contribution >= 0.6 is 0 Å². The van der Waals surface area contributed by atoms with Crippen molar-refractivity contribution in [3.63, 3.8) is 0 Å². The average molecular weight is 295 g/mol. The second-order valence-electron chi connectivity index (χ2n) is 5.95. The molecule has 0 saturated heterocycles. The van der Waals surface area contributed by atoms with Gasteiger partial charge in [-0.15, -0.1) is 0 Å². The molecule has 0 aliphatic rings. The molecule has 1 heterocycles. The first-order valence-electron chi connectivity index (χ1n) is 8.50. The van der Waals surface area contributed by atoms with Crippen molar-refractivity contribution in [3.8, 4) is 5.75 Å². The smallest absolute Gasteiger partial charge is 0.161 e. The molecule has 21 heavy (non-hydrogen) atoms. The van der Waals surface area contributed by atoms with Gasteiger partial charge in [0.05, 0.1) is 25.0 Å². The molecule has 0 aliphatic heterocycles. The van der Waals surface area contributed by atoms with E-state index in [2.05, 4.69) is 42.8 Å². The molecule has 1 unspecified atom stereocenters. The van der Waals surface area contributed by atoms with E-state index in [9.17, 15) is 0 Å². The van der Waals surface area contributed by atoms with E-state index in [4.69, 9.17) is 4.74 Å². The molecule has 1 N–H and O–H groups in total. The predicted molar refractivity (Wildman–Crippen MR) is 89.0 cm³/mol. The molecule has 0 bridgehead atoms. The van der Waals surface area contributed by atoms with Gasteiger partial charge in [0.1, 0.15) is 0 Å². The van der Waals surface area contributed by atoms with Gasteiger partial charge in [-0.1, -0.05) is 46.0 Å². The lowest BCUT2D eigenvalue weighted by molar-refractivity contribution is 0.374. The van der Waals surface area contributed by atoms with E-state index in [0.717, 1.165) is 18.7 Å². The van der Waals surface area contributed by atoms with Gasteiger partial charge in [-0.2, -0.15) is 5.10 Å². The van der Waals surface area contributed by atoms with Gasteiger partial charge in [-0.3, -0.25) is 4.68 Å². The monoisotopic (exact) mass is 295 g/mol. The van der Waals surface area contributed by atoms with Crippen LogP contribution in [0.3, 0.4) is 0 Å². The molecule has 122 valence electrons. The first-order chi connectivity index (χ1) is 10.2. The van der Waals surface area contributed by atoms with Gasteiger partial charge < -0.3 is 10.1 Å². The largest absolute Gasteiger partial charge is 0.493 e. The Bertz CT molecular complexity index is 387. The van der Waals surface area contributed by atoms with Crippen molar-refractivity contribution in [3.05, 3.63) is 11.9 Å². The first kappa shape index (κ1) is 18.0. The first-order valence-corrected chi connectivity index (χ1v) is 8.50. The van der Waals surface area contributed by atoms with Crippen molar-refractivity contribution in [2.45, 2.75) is 78.3 Å². The van der Waals surface area contributed by atoms with E-state index in [1.807, 2.05) is 6.20 Å². The van der Waals surface area contributed by atoms with Gasteiger partial charge in [-0.05, 0) is 26.8 Å². The normalized spacial score (nSPS) is 12.9. The minimum Gasteiger partial charge on any atom is -0.493 e. The Kier molecular flexibility index (Phi) is 8.43. The SMILES string of the molecule is CCCCCCCC(NCC)c1c(OC)cnn1C(C)C. The van der Waals surface area contributed by atoms with E-state index >= 15 is 0 Å². The van der Waals surface area contributed by atoms with Crippen molar-refractivity contribution in [2.24, 2.45) is 0 Å². The minimum atomic E-state index is 0.330. The molecular formula is C17H33N3O. The summed E-state index contributed by atoms with van der Waals surface area (Å²) >= 11 is 0. The minimum absolute atomic E-state index is 0.330. The van der Waals surface area contributed by atoms with Crippen molar-refractivity contribution >= 4 is 0 Å². The summed E-state index contributed by atoms with van der Waals surface area (Å²) in [5.41, 5.74) is 1.20. The standard InChI is InChI=1S/C17H33N3O/c1-6-8-9-10-11-12-15(18-7-2)17-16(21-5)13-19-20(17)14(3)4/h13-15,18H,6-12H2,1-5H3. The highest BCUT2D eigenvalue weighted by molar-refractivity contribution is 5.28. The Morgan fingerprint density at radius 3 is 2.48 bits per heavy atom. The molecule has 1 atom stereocenters. The van der Waals surface area contributed by atoms with Gasteiger partial charge in [0, 0.05) is 6.04 Å². The summed E-state index contributed by atoms with van der Waals surface area (Å²) in [5, 5.41) is 8.10. The number of ether oxygens (including phenoxy) is 1. The number of unbranched alkanes of at least 4 members (excludes halogenated alkanes) is 4. The molecule has 4 nitrogen and oxygen atoms in total. The van der Waals surface area contributed by atoms with E-state index < -0.39 is 0 Å². The van der Waals surface area contributed by atoms with Crippen LogP contribution in [0.1, 0.15) is 84.0 Å². The second-order valence-corrected chi connectivity index (χ2v) is 5.95. The molecule has 0 radical (unpaired) electrons. The summed E-state index contributed by atoms with van der Waals surface area (Å²) in [6.45, 7) is 9.71. The Balaban J connectivity index is 2.76. The van der Waals surface area contributed by atoms with Crippen molar-refractivity contribution in [1.29, 1.82) is 0 Å². The fraction of sp³-hybridized carbons (Fsp3) is 0.824. The Morgan fingerprint density at radius 1 is 1.19 bits per heavy atom. The molecule has 1 rings (SSSR count). The number of nitrogens with zero attached hydrogens (tertiary/aromatic N) is 2. The number of rotatable bonds is 11. The summed E-state index contributed by atoms with van der Waals surface area (Å²) in [6.07, 6.45) is 9.54. The molecule has 0 aliphatic carbocycles. The Morgan fingerprint density at radius 2 is 1.90 bits per heavy atom. The van der Waals surface area contributed by atoms with Crippen LogP contribution in [-0.4, -0.2) is 23.4 Å². The zero-order chi connectivity index (χ0) is 15.7. The van der Waals surface area contributed by atoms with Crippen LogP contribution in [0.5, 0.6) is 5.75 Å². The third-order valence-corrected chi connectivity index (χ3v) is 3.88. The second kappa shape index (κ2) is 9.82. The maximum atomic E-state index is 5.52. The fourth-order valence-corrected chi connectivity index (χ4v) is 2.79. The van der Waals surface area contributed by atoms with E-state index in [1.54, 1.807) is 7.11 Å². The maximum Gasteiger partial charge on any atom is 0.161 e. The van der Waals surface area contributed by atoms with E-state index in [0.29, 0.717) is 12.1 Å².